The number of halogens is 3. The van der Waals surface area contributed by atoms with Gasteiger partial charge in [-0.3, -0.25) is 5.84 Å². The molecule has 0 saturated carbocycles. The molecule has 1 spiro atoms. The van der Waals surface area contributed by atoms with E-state index in [2.05, 4.69) is 15.5 Å². The Morgan fingerprint density at radius 1 is 1.12 bits per heavy atom. The Kier molecular flexibility index (Phi) is 7.41. The molecule has 0 radical (unpaired) electrons. The van der Waals surface area contributed by atoms with Gasteiger partial charge in [0.2, 0.25) is 0 Å². The first-order valence-corrected chi connectivity index (χ1v) is 10.3. The number of nitrogens with zero attached hydrogens (tertiary/aromatic N) is 2. The summed E-state index contributed by atoms with van der Waals surface area (Å²) in [4.78, 5) is 27.8. The van der Waals surface area contributed by atoms with E-state index in [4.69, 9.17) is 16.3 Å². The minimum atomic E-state index is -4.76. The van der Waals surface area contributed by atoms with Gasteiger partial charge in [-0.15, -0.1) is 13.2 Å². The van der Waals surface area contributed by atoms with Gasteiger partial charge in [0.1, 0.15) is 12.4 Å². The molecule has 6 N–H and O–H groups in total. The molecule has 2 aliphatic rings. The van der Waals surface area contributed by atoms with Crippen LogP contribution in [0.15, 0.2) is 36.2 Å². The van der Waals surface area contributed by atoms with E-state index in [1.54, 1.807) is 9.80 Å². The Morgan fingerprint density at radius 3 is 2.33 bits per heavy atom. The van der Waals surface area contributed by atoms with E-state index >= 15 is 0 Å². The Morgan fingerprint density at radius 2 is 1.76 bits per heavy atom. The molecule has 0 aliphatic carbocycles. The van der Waals surface area contributed by atoms with E-state index in [9.17, 15) is 22.8 Å². The average molecular weight is 472 g/mol. The lowest BCUT2D eigenvalue weighted by molar-refractivity contribution is -0.274. The molecule has 10 nitrogen and oxygen atoms in total. The Balaban J connectivity index is 1.37. The summed E-state index contributed by atoms with van der Waals surface area (Å²) in [5.41, 5.74) is 8.89. The standard InChI is InChI=1S/C20H27F3N6O4/c21-20(22,23)33-16-3-1-14(2-4-16)11-32-18(31)28-7-5-19(6-8-28)12-29(13-19)17(30)26-9-15(24)10-27-25/h1-4,10,27H,5-9,11-13,24-25H2,(H,26,30)/b15-10-. The number of carbonyl (C=O) groups is 2. The highest BCUT2D eigenvalue weighted by Gasteiger charge is 2.47. The second-order valence-electron chi connectivity index (χ2n) is 8.13. The molecule has 0 unspecified atom stereocenters. The van der Waals surface area contributed by atoms with Crippen molar-refractivity contribution in [1.82, 2.24) is 20.5 Å². The summed E-state index contributed by atoms with van der Waals surface area (Å²) in [7, 11) is 0. The molecule has 2 heterocycles. The smallest absolute Gasteiger partial charge is 0.445 e. The zero-order valence-electron chi connectivity index (χ0n) is 17.9. The van der Waals surface area contributed by atoms with Crippen molar-refractivity contribution in [2.45, 2.75) is 25.8 Å². The number of urea groups is 1. The van der Waals surface area contributed by atoms with Crippen molar-refractivity contribution in [3.8, 4) is 5.75 Å². The summed E-state index contributed by atoms with van der Waals surface area (Å²) >= 11 is 0. The van der Waals surface area contributed by atoms with Crippen LogP contribution in [0.4, 0.5) is 22.8 Å². The van der Waals surface area contributed by atoms with Crippen LogP contribution in [0, 0.1) is 5.41 Å². The Hall–Kier alpha value is -3.35. The van der Waals surface area contributed by atoms with Crippen LogP contribution in [-0.2, 0) is 11.3 Å². The minimum absolute atomic E-state index is 0.0113. The molecule has 2 saturated heterocycles. The first kappa shape index (κ1) is 24.3. The molecule has 0 aromatic heterocycles. The maximum Gasteiger partial charge on any atom is 0.573 e. The normalized spacial score (nSPS) is 17.9. The van der Waals surface area contributed by atoms with Gasteiger partial charge in [0, 0.05) is 43.5 Å². The molecule has 0 bridgehead atoms. The quantitative estimate of drug-likeness (QED) is 0.365. The third kappa shape index (κ3) is 6.81. The molecule has 1 aromatic carbocycles. The highest BCUT2D eigenvalue weighted by Crippen LogP contribution is 2.40. The van der Waals surface area contributed by atoms with Crippen LogP contribution in [-0.4, -0.2) is 61.0 Å². The van der Waals surface area contributed by atoms with Crippen molar-refractivity contribution in [3.63, 3.8) is 0 Å². The van der Waals surface area contributed by atoms with E-state index in [1.165, 1.54) is 30.5 Å². The summed E-state index contributed by atoms with van der Waals surface area (Å²) in [5, 5.41) is 2.72. The lowest BCUT2D eigenvalue weighted by Crippen LogP contribution is -2.64. The number of hydrogen-bond acceptors (Lipinski definition) is 7. The fourth-order valence-electron chi connectivity index (χ4n) is 3.86. The second kappa shape index (κ2) is 10.1. The predicted molar refractivity (Wildman–Crippen MR) is 111 cm³/mol. The van der Waals surface area contributed by atoms with Gasteiger partial charge in [0.15, 0.2) is 0 Å². The third-order valence-corrected chi connectivity index (χ3v) is 5.65. The van der Waals surface area contributed by atoms with E-state index in [0.717, 1.165) is 12.8 Å². The highest BCUT2D eigenvalue weighted by atomic mass is 19.4. The monoisotopic (exact) mass is 472 g/mol. The molecular formula is C20H27F3N6O4. The molecule has 13 heteroatoms. The Bertz CT molecular complexity index is 862. The number of ether oxygens (including phenoxy) is 2. The maximum absolute atomic E-state index is 12.3. The molecule has 33 heavy (non-hydrogen) atoms. The number of piperidine rings is 1. The molecule has 3 rings (SSSR count). The lowest BCUT2D eigenvalue weighted by atomic mass is 9.72. The number of carbonyl (C=O) groups excluding carboxylic acids is 2. The van der Waals surface area contributed by atoms with Crippen molar-refractivity contribution in [1.29, 1.82) is 0 Å². The molecule has 0 atom stereocenters. The topological polar surface area (TPSA) is 135 Å². The van der Waals surface area contributed by atoms with Crippen LogP contribution in [0.25, 0.3) is 0 Å². The molecule has 2 fully saturated rings. The van der Waals surface area contributed by atoms with Gasteiger partial charge in [0.25, 0.3) is 0 Å². The summed E-state index contributed by atoms with van der Waals surface area (Å²) in [5.74, 6) is 4.79. The molecule has 3 amide bonds. The first-order chi connectivity index (χ1) is 15.6. The summed E-state index contributed by atoms with van der Waals surface area (Å²) < 4.78 is 45.7. The SMILES string of the molecule is NN/C=C(\N)CNC(=O)N1CC2(CCN(C(=O)OCc3ccc(OC(F)(F)F)cc3)CC2)C1. The van der Waals surface area contributed by atoms with Crippen LogP contribution in [0.5, 0.6) is 5.75 Å². The summed E-state index contributed by atoms with van der Waals surface area (Å²) in [6.07, 6.45) is -2.35. The number of likely N-dealkylation sites (tertiary alicyclic amines) is 2. The average Bonchev–Trinajstić information content (AvgIpc) is 2.74. The van der Waals surface area contributed by atoms with E-state index in [1.807, 2.05) is 0 Å². The van der Waals surface area contributed by atoms with Gasteiger partial charge < -0.3 is 35.7 Å². The number of alkyl halides is 3. The number of hydrazine groups is 1. The predicted octanol–water partition coefficient (Wildman–Crippen LogP) is 1.59. The van der Waals surface area contributed by atoms with Crippen molar-refractivity contribution < 1.29 is 32.2 Å². The number of nitrogens with two attached hydrogens (primary N) is 2. The van der Waals surface area contributed by atoms with Crippen LogP contribution < -0.4 is 27.1 Å². The number of hydrogen-bond donors (Lipinski definition) is 4. The van der Waals surface area contributed by atoms with Gasteiger partial charge in [-0.1, -0.05) is 12.1 Å². The van der Waals surface area contributed by atoms with Crippen molar-refractivity contribution in [2.24, 2.45) is 17.0 Å². The van der Waals surface area contributed by atoms with E-state index in [0.29, 0.717) is 37.4 Å². The van der Waals surface area contributed by atoms with Crippen molar-refractivity contribution in [3.05, 3.63) is 41.7 Å². The zero-order chi connectivity index (χ0) is 24.1. The van der Waals surface area contributed by atoms with Crippen LogP contribution in [0.3, 0.4) is 0 Å². The number of nitrogens with one attached hydrogen (secondary N) is 2. The van der Waals surface area contributed by atoms with Gasteiger partial charge in [-0.05, 0) is 30.5 Å². The van der Waals surface area contributed by atoms with Crippen molar-refractivity contribution >= 4 is 12.1 Å². The molecular weight excluding hydrogens is 445 g/mol. The third-order valence-electron chi connectivity index (χ3n) is 5.65. The Labute approximate surface area is 188 Å². The molecule has 2 aliphatic heterocycles. The number of amides is 3. The fraction of sp³-hybridized carbons (Fsp3) is 0.500. The summed E-state index contributed by atoms with van der Waals surface area (Å²) in [6, 6.07) is 4.94. The maximum atomic E-state index is 12.3. The minimum Gasteiger partial charge on any atom is -0.445 e. The zero-order valence-corrected chi connectivity index (χ0v) is 17.9. The fourth-order valence-corrected chi connectivity index (χ4v) is 3.86. The van der Waals surface area contributed by atoms with E-state index in [-0.39, 0.29) is 30.3 Å². The number of benzene rings is 1. The first-order valence-electron chi connectivity index (χ1n) is 10.3. The van der Waals surface area contributed by atoms with Gasteiger partial charge in [0.05, 0.1) is 6.54 Å². The number of rotatable bonds is 6. The summed E-state index contributed by atoms with van der Waals surface area (Å²) in [6.45, 7) is 2.34. The largest absolute Gasteiger partial charge is 0.573 e. The van der Waals surface area contributed by atoms with Crippen LogP contribution in [0.2, 0.25) is 0 Å². The highest BCUT2D eigenvalue weighted by molar-refractivity contribution is 5.75. The molecule has 182 valence electrons. The van der Waals surface area contributed by atoms with Gasteiger partial charge in [-0.25, -0.2) is 9.59 Å². The van der Waals surface area contributed by atoms with Gasteiger partial charge >= 0.3 is 18.5 Å². The van der Waals surface area contributed by atoms with E-state index < -0.39 is 12.5 Å². The molecule has 1 aromatic rings. The second-order valence-corrected chi connectivity index (χ2v) is 8.13. The van der Waals surface area contributed by atoms with Crippen molar-refractivity contribution in [2.75, 3.05) is 32.7 Å². The lowest BCUT2D eigenvalue weighted by Gasteiger charge is -2.53. The van der Waals surface area contributed by atoms with Crippen LogP contribution >= 0.6 is 0 Å². The van der Waals surface area contributed by atoms with Crippen LogP contribution in [0.1, 0.15) is 18.4 Å². The van der Waals surface area contributed by atoms with Gasteiger partial charge in [-0.2, -0.15) is 0 Å².